The van der Waals surface area contributed by atoms with E-state index in [1.165, 1.54) is 6.07 Å². The van der Waals surface area contributed by atoms with Crippen molar-refractivity contribution < 1.29 is 4.39 Å². The number of benzene rings is 1. The number of nitrogens with zero attached hydrogens (tertiary/aromatic N) is 4. The average molecular weight is 387 g/mol. The molecule has 27 heavy (non-hydrogen) atoms. The number of aromatic nitrogens is 4. The van der Waals surface area contributed by atoms with Crippen LogP contribution in [-0.4, -0.2) is 31.2 Å². The fourth-order valence-electron chi connectivity index (χ4n) is 2.82. The van der Waals surface area contributed by atoms with Crippen LogP contribution >= 0.6 is 12.2 Å². The summed E-state index contributed by atoms with van der Waals surface area (Å²) in [7, 11) is 0. The molecule has 0 aliphatic rings. The van der Waals surface area contributed by atoms with Crippen molar-refractivity contribution in [2.75, 3.05) is 11.9 Å². The van der Waals surface area contributed by atoms with Crippen molar-refractivity contribution >= 4 is 23.0 Å². The van der Waals surface area contributed by atoms with Crippen molar-refractivity contribution in [3.05, 3.63) is 65.5 Å². The summed E-state index contributed by atoms with van der Waals surface area (Å²) in [6.07, 6.45) is 4.39. The average Bonchev–Trinajstić information content (AvgIpc) is 3.19. The second kappa shape index (κ2) is 8.77. The Kier molecular flexibility index (Phi) is 6.18. The standard InChI is InChI=1S/C19H23FN6S/c1-14-10-15(2)26(24-14)9-5-8-21-19(27)23-17-11-22-25(13-17)12-16-6-3-4-7-18(16)20/h3-4,6-7,10-11,13H,5,8-9,12H2,1-2H3,(H2,21,23,27). The normalized spacial score (nSPS) is 10.8. The molecule has 2 N–H and O–H groups in total. The summed E-state index contributed by atoms with van der Waals surface area (Å²) in [6.45, 7) is 6.01. The van der Waals surface area contributed by atoms with Crippen LogP contribution in [0.1, 0.15) is 23.4 Å². The minimum Gasteiger partial charge on any atom is -0.362 e. The number of halogens is 1. The highest BCUT2D eigenvalue weighted by Gasteiger charge is 2.05. The Morgan fingerprint density at radius 1 is 1.26 bits per heavy atom. The third-order valence-electron chi connectivity index (χ3n) is 4.12. The van der Waals surface area contributed by atoms with Crippen LogP contribution in [0.4, 0.5) is 10.1 Å². The van der Waals surface area contributed by atoms with Gasteiger partial charge in [0.15, 0.2) is 5.11 Å². The summed E-state index contributed by atoms with van der Waals surface area (Å²) in [4.78, 5) is 0. The van der Waals surface area contributed by atoms with E-state index in [4.69, 9.17) is 12.2 Å². The van der Waals surface area contributed by atoms with Crippen molar-refractivity contribution in [3.63, 3.8) is 0 Å². The largest absolute Gasteiger partial charge is 0.362 e. The van der Waals surface area contributed by atoms with Crippen LogP contribution in [0.3, 0.4) is 0 Å². The first-order valence-corrected chi connectivity index (χ1v) is 9.24. The van der Waals surface area contributed by atoms with Crippen molar-refractivity contribution in [2.45, 2.75) is 33.4 Å². The monoisotopic (exact) mass is 386 g/mol. The van der Waals surface area contributed by atoms with E-state index in [0.717, 1.165) is 36.6 Å². The molecule has 3 aromatic rings. The lowest BCUT2D eigenvalue weighted by molar-refractivity contribution is 0.558. The summed E-state index contributed by atoms with van der Waals surface area (Å²) < 4.78 is 17.4. The highest BCUT2D eigenvalue weighted by Crippen LogP contribution is 2.11. The fourth-order valence-corrected chi connectivity index (χ4v) is 3.04. The molecule has 0 bridgehead atoms. The summed E-state index contributed by atoms with van der Waals surface area (Å²) in [5.41, 5.74) is 3.56. The smallest absolute Gasteiger partial charge is 0.170 e. The SMILES string of the molecule is Cc1cc(C)n(CCCNC(=S)Nc2cnn(Cc3ccccc3F)c2)n1. The number of anilines is 1. The van der Waals surface area contributed by atoms with Gasteiger partial charge in [0.2, 0.25) is 0 Å². The summed E-state index contributed by atoms with van der Waals surface area (Å²) in [5.74, 6) is -0.234. The summed E-state index contributed by atoms with van der Waals surface area (Å²) in [5, 5.41) is 15.5. The topological polar surface area (TPSA) is 59.7 Å². The molecule has 0 spiro atoms. The molecular weight excluding hydrogens is 363 g/mol. The van der Waals surface area contributed by atoms with E-state index in [2.05, 4.69) is 33.8 Å². The number of nitrogens with one attached hydrogen (secondary N) is 2. The summed E-state index contributed by atoms with van der Waals surface area (Å²) in [6, 6.07) is 8.75. The molecule has 0 aliphatic carbocycles. The van der Waals surface area contributed by atoms with Gasteiger partial charge in [-0.05, 0) is 44.6 Å². The molecule has 2 aromatic heterocycles. The minimum atomic E-state index is -0.234. The van der Waals surface area contributed by atoms with Gasteiger partial charge in [-0.2, -0.15) is 10.2 Å². The molecule has 0 radical (unpaired) electrons. The minimum absolute atomic E-state index is 0.234. The third-order valence-corrected chi connectivity index (χ3v) is 4.36. The van der Waals surface area contributed by atoms with Crippen molar-refractivity contribution in [3.8, 4) is 0 Å². The number of rotatable bonds is 7. The predicted molar refractivity (Wildman–Crippen MR) is 108 cm³/mol. The Labute approximate surface area is 163 Å². The van der Waals surface area contributed by atoms with E-state index in [0.29, 0.717) is 17.2 Å². The van der Waals surface area contributed by atoms with Crippen LogP contribution in [0.5, 0.6) is 0 Å². The lowest BCUT2D eigenvalue weighted by Gasteiger charge is -2.09. The van der Waals surface area contributed by atoms with Crippen molar-refractivity contribution in [1.82, 2.24) is 24.9 Å². The van der Waals surface area contributed by atoms with Gasteiger partial charge in [0, 0.05) is 30.5 Å². The highest BCUT2D eigenvalue weighted by molar-refractivity contribution is 7.80. The zero-order valence-electron chi connectivity index (χ0n) is 15.4. The Morgan fingerprint density at radius 3 is 2.81 bits per heavy atom. The first-order valence-electron chi connectivity index (χ1n) is 8.83. The Bertz CT molecular complexity index is 917. The Balaban J connectivity index is 1.42. The third kappa shape index (κ3) is 5.37. The predicted octanol–water partition coefficient (Wildman–Crippen LogP) is 3.26. The van der Waals surface area contributed by atoms with E-state index < -0.39 is 0 Å². The number of hydrogen-bond acceptors (Lipinski definition) is 3. The fraction of sp³-hybridized carbons (Fsp3) is 0.316. The number of aryl methyl sites for hydroxylation is 3. The molecule has 0 saturated carbocycles. The molecular formula is C19H23FN6S. The number of hydrogen-bond donors (Lipinski definition) is 2. The van der Waals surface area contributed by atoms with Crippen molar-refractivity contribution in [2.24, 2.45) is 0 Å². The van der Waals surface area contributed by atoms with Gasteiger partial charge in [0.1, 0.15) is 5.82 Å². The molecule has 6 nitrogen and oxygen atoms in total. The van der Waals surface area contributed by atoms with Gasteiger partial charge in [-0.15, -0.1) is 0 Å². The van der Waals surface area contributed by atoms with Crippen LogP contribution < -0.4 is 10.6 Å². The lowest BCUT2D eigenvalue weighted by atomic mass is 10.2. The molecule has 0 aliphatic heterocycles. The molecule has 0 saturated heterocycles. The van der Waals surface area contributed by atoms with Gasteiger partial charge in [-0.25, -0.2) is 4.39 Å². The second-order valence-corrected chi connectivity index (χ2v) is 6.81. The highest BCUT2D eigenvalue weighted by atomic mass is 32.1. The lowest BCUT2D eigenvalue weighted by Crippen LogP contribution is -2.29. The molecule has 1 aromatic carbocycles. The summed E-state index contributed by atoms with van der Waals surface area (Å²) >= 11 is 5.31. The maximum Gasteiger partial charge on any atom is 0.170 e. The maximum absolute atomic E-state index is 13.7. The number of thiocarbonyl (C=S) groups is 1. The van der Waals surface area contributed by atoms with Gasteiger partial charge < -0.3 is 10.6 Å². The van der Waals surface area contributed by atoms with Gasteiger partial charge in [0.05, 0.1) is 24.1 Å². The zero-order chi connectivity index (χ0) is 19.2. The first-order chi connectivity index (χ1) is 13.0. The molecule has 3 rings (SSSR count). The van der Waals surface area contributed by atoms with Gasteiger partial charge in [-0.3, -0.25) is 9.36 Å². The van der Waals surface area contributed by atoms with E-state index in [9.17, 15) is 4.39 Å². The van der Waals surface area contributed by atoms with Crippen LogP contribution in [0.15, 0.2) is 42.7 Å². The Morgan fingerprint density at radius 2 is 2.07 bits per heavy atom. The van der Waals surface area contributed by atoms with E-state index in [1.807, 2.05) is 17.7 Å². The van der Waals surface area contributed by atoms with Crippen molar-refractivity contribution in [1.29, 1.82) is 0 Å². The molecule has 0 amide bonds. The van der Waals surface area contributed by atoms with Crippen LogP contribution in [0.2, 0.25) is 0 Å². The van der Waals surface area contributed by atoms with Gasteiger partial charge >= 0.3 is 0 Å². The maximum atomic E-state index is 13.7. The van der Waals surface area contributed by atoms with Crippen LogP contribution in [0.25, 0.3) is 0 Å². The molecule has 142 valence electrons. The zero-order valence-corrected chi connectivity index (χ0v) is 16.3. The molecule has 8 heteroatoms. The van der Waals surface area contributed by atoms with Crippen LogP contribution in [-0.2, 0) is 13.1 Å². The van der Waals surface area contributed by atoms with Gasteiger partial charge in [0.25, 0.3) is 0 Å². The molecule has 0 fully saturated rings. The quantitative estimate of drug-likeness (QED) is 0.482. The van der Waals surface area contributed by atoms with Crippen LogP contribution in [0, 0.1) is 19.7 Å². The van der Waals surface area contributed by atoms with E-state index in [-0.39, 0.29) is 5.82 Å². The molecule has 0 unspecified atom stereocenters. The van der Waals surface area contributed by atoms with E-state index in [1.54, 1.807) is 29.2 Å². The molecule has 0 atom stereocenters. The second-order valence-electron chi connectivity index (χ2n) is 6.40. The molecule has 2 heterocycles. The van der Waals surface area contributed by atoms with Gasteiger partial charge in [-0.1, -0.05) is 18.2 Å². The first kappa shape index (κ1) is 19.0. The Hall–Kier alpha value is -2.74. The van der Waals surface area contributed by atoms with E-state index >= 15 is 0 Å².